The van der Waals surface area contributed by atoms with Gasteiger partial charge in [0.1, 0.15) is 6.10 Å². The van der Waals surface area contributed by atoms with E-state index in [1.807, 2.05) is 12.3 Å². The fraction of sp³-hybridized carbons (Fsp3) is 0.727. The van der Waals surface area contributed by atoms with Crippen LogP contribution in [0.3, 0.4) is 0 Å². The van der Waals surface area contributed by atoms with Crippen LogP contribution in [-0.4, -0.2) is 68.3 Å². The third-order valence-corrected chi connectivity index (χ3v) is 6.54. The average molecular weight is 403 g/mol. The van der Waals surface area contributed by atoms with Crippen molar-refractivity contribution in [1.82, 2.24) is 15.2 Å². The number of aromatic nitrogens is 1. The maximum absolute atomic E-state index is 6.50. The first-order valence-corrected chi connectivity index (χ1v) is 11.0. The molecule has 1 unspecified atom stereocenters. The summed E-state index contributed by atoms with van der Waals surface area (Å²) in [7, 11) is 1.65. The summed E-state index contributed by atoms with van der Waals surface area (Å²) in [6.07, 6.45) is 8.73. The fourth-order valence-electron chi connectivity index (χ4n) is 4.73. The van der Waals surface area contributed by atoms with E-state index in [-0.39, 0.29) is 11.5 Å². The quantitative estimate of drug-likeness (QED) is 0.789. The van der Waals surface area contributed by atoms with Crippen molar-refractivity contribution in [3.8, 4) is 5.88 Å². The molecule has 4 rings (SSSR count). The standard InChI is InChI=1S/C22H34N4O3/c1-17-12-20(27-2)24-14-18(17)13-22(6-8-23-9-7-22)21-25-28-16-19(29-21)15-26-10-4-3-5-11-26/h12,14,19,23H,3-11,13,15-16H2,1-2H3. The minimum atomic E-state index is -0.146. The summed E-state index contributed by atoms with van der Waals surface area (Å²) in [5, 5.41) is 7.91. The van der Waals surface area contributed by atoms with Crippen LogP contribution in [0.15, 0.2) is 17.4 Å². The second-order valence-electron chi connectivity index (χ2n) is 8.65. The zero-order chi connectivity index (χ0) is 20.1. The van der Waals surface area contributed by atoms with Crippen LogP contribution < -0.4 is 10.1 Å². The maximum atomic E-state index is 6.50. The number of aryl methyl sites for hydroxylation is 1. The number of pyridine rings is 1. The summed E-state index contributed by atoms with van der Waals surface area (Å²) >= 11 is 0. The van der Waals surface area contributed by atoms with Crippen LogP contribution in [-0.2, 0) is 16.0 Å². The monoisotopic (exact) mass is 402 g/mol. The molecule has 1 atom stereocenters. The fourth-order valence-corrected chi connectivity index (χ4v) is 4.73. The number of hydrogen-bond donors (Lipinski definition) is 1. The van der Waals surface area contributed by atoms with E-state index in [1.54, 1.807) is 7.11 Å². The Bertz CT molecular complexity index is 712. The molecule has 0 saturated carbocycles. The number of ether oxygens (including phenoxy) is 2. The minimum absolute atomic E-state index is 0.0578. The van der Waals surface area contributed by atoms with Gasteiger partial charge in [0.15, 0.2) is 6.61 Å². The lowest BCUT2D eigenvalue weighted by Crippen LogP contribution is -2.49. The van der Waals surface area contributed by atoms with Crippen LogP contribution in [0.25, 0.3) is 0 Å². The Labute approximate surface area is 173 Å². The highest BCUT2D eigenvalue weighted by Crippen LogP contribution is 2.37. The molecule has 4 heterocycles. The second-order valence-corrected chi connectivity index (χ2v) is 8.65. The van der Waals surface area contributed by atoms with E-state index in [4.69, 9.17) is 14.3 Å². The second kappa shape index (κ2) is 9.30. The zero-order valence-corrected chi connectivity index (χ0v) is 17.8. The molecule has 0 radical (unpaired) electrons. The topological polar surface area (TPSA) is 68.2 Å². The highest BCUT2D eigenvalue weighted by molar-refractivity contribution is 5.83. The molecule has 0 aliphatic carbocycles. The van der Waals surface area contributed by atoms with Gasteiger partial charge in [-0.25, -0.2) is 4.98 Å². The van der Waals surface area contributed by atoms with Crippen LogP contribution in [0.2, 0.25) is 0 Å². The van der Waals surface area contributed by atoms with Crippen molar-refractivity contribution >= 4 is 5.90 Å². The summed E-state index contributed by atoms with van der Waals surface area (Å²) in [6.45, 7) is 7.83. The molecule has 0 aromatic carbocycles. The van der Waals surface area contributed by atoms with Crippen LogP contribution in [0.4, 0.5) is 0 Å². The molecular weight excluding hydrogens is 368 g/mol. The Morgan fingerprint density at radius 3 is 2.76 bits per heavy atom. The molecule has 1 aromatic rings. The number of methoxy groups -OCH3 is 1. The molecular formula is C22H34N4O3. The predicted octanol–water partition coefficient (Wildman–Crippen LogP) is 2.53. The lowest BCUT2D eigenvalue weighted by molar-refractivity contribution is -0.0242. The van der Waals surface area contributed by atoms with Crippen molar-refractivity contribution in [2.75, 3.05) is 46.4 Å². The van der Waals surface area contributed by atoms with E-state index >= 15 is 0 Å². The van der Waals surface area contributed by atoms with Crippen LogP contribution in [0.1, 0.15) is 43.2 Å². The molecule has 3 aliphatic heterocycles. The normalized spacial score (nSPS) is 24.9. The molecule has 1 aromatic heterocycles. The smallest absolute Gasteiger partial charge is 0.232 e. The van der Waals surface area contributed by atoms with Crippen molar-refractivity contribution in [3.63, 3.8) is 0 Å². The van der Waals surface area contributed by atoms with E-state index < -0.39 is 0 Å². The summed E-state index contributed by atoms with van der Waals surface area (Å²) in [4.78, 5) is 12.6. The number of piperidine rings is 2. The number of oxime groups is 1. The van der Waals surface area contributed by atoms with Gasteiger partial charge in [-0.1, -0.05) is 11.6 Å². The van der Waals surface area contributed by atoms with Crippen LogP contribution >= 0.6 is 0 Å². The van der Waals surface area contributed by atoms with Gasteiger partial charge in [0.2, 0.25) is 11.8 Å². The van der Waals surface area contributed by atoms with Gasteiger partial charge in [-0.3, -0.25) is 4.90 Å². The summed E-state index contributed by atoms with van der Waals surface area (Å²) < 4.78 is 11.8. The van der Waals surface area contributed by atoms with Crippen molar-refractivity contribution in [2.24, 2.45) is 10.6 Å². The van der Waals surface area contributed by atoms with Crippen molar-refractivity contribution in [3.05, 3.63) is 23.4 Å². The molecule has 0 bridgehead atoms. The van der Waals surface area contributed by atoms with E-state index in [2.05, 4.69) is 27.3 Å². The van der Waals surface area contributed by atoms with Gasteiger partial charge in [0.25, 0.3) is 0 Å². The van der Waals surface area contributed by atoms with Gasteiger partial charge in [-0.05, 0) is 76.3 Å². The van der Waals surface area contributed by atoms with Crippen LogP contribution in [0.5, 0.6) is 5.88 Å². The summed E-state index contributed by atoms with van der Waals surface area (Å²) in [5.41, 5.74) is 2.27. The lowest BCUT2D eigenvalue weighted by Gasteiger charge is -2.41. The SMILES string of the molecule is COc1cc(C)c(CC2(C3=NOCC(CN4CCCCC4)O3)CCNCC2)cn1. The van der Waals surface area contributed by atoms with Gasteiger partial charge in [0.05, 0.1) is 12.5 Å². The molecule has 2 fully saturated rings. The van der Waals surface area contributed by atoms with Crippen molar-refractivity contribution in [2.45, 2.75) is 51.6 Å². The maximum Gasteiger partial charge on any atom is 0.232 e. The Balaban J connectivity index is 1.50. The number of hydrogen-bond acceptors (Lipinski definition) is 7. The van der Waals surface area contributed by atoms with Gasteiger partial charge < -0.3 is 19.6 Å². The molecule has 1 N–H and O–H groups in total. The Morgan fingerprint density at radius 2 is 2.03 bits per heavy atom. The molecule has 2 saturated heterocycles. The number of likely N-dealkylation sites (tertiary alicyclic amines) is 1. The molecule has 7 heteroatoms. The van der Waals surface area contributed by atoms with E-state index in [0.29, 0.717) is 12.5 Å². The van der Waals surface area contributed by atoms with Gasteiger partial charge in [-0.2, -0.15) is 0 Å². The average Bonchev–Trinajstić information content (AvgIpc) is 2.77. The van der Waals surface area contributed by atoms with E-state index in [0.717, 1.165) is 57.9 Å². The van der Waals surface area contributed by atoms with Crippen molar-refractivity contribution < 1.29 is 14.3 Å². The lowest BCUT2D eigenvalue weighted by atomic mass is 9.73. The third-order valence-electron chi connectivity index (χ3n) is 6.54. The summed E-state index contributed by atoms with van der Waals surface area (Å²) in [5.74, 6) is 1.43. The Morgan fingerprint density at radius 1 is 1.24 bits per heavy atom. The van der Waals surface area contributed by atoms with Gasteiger partial charge in [-0.15, -0.1) is 0 Å². The van der Waals surface area contributed by atoms with Gasteiger partial charge in [0, 0.05) is 18.8 Å². The predicted molar refractivity (Wildman–Crippen MR) is 112 cm³/mol. The highest BCUT2D eigenvalue weighted by Gasteiger charge is 2.42. The Hall–Kier alpha value is -1.86. The summed E-state index contributed by atoms with van der Waals surface area (Å²) in [6, 6.07) is 2.00. The molecule has 29 heavy (non-hydrogen) atoms. The van der Waals surface area contributed by atoms with E-state index in [9.17, 15) is 0 Å². The van der Waals surface area contributed by atoms with Crippen molar-refractivity contribution in [1.29, 1.82) is 0 Å². The highest BCUT2D eigenvalue weighted by atomic mass is 16.7. The molecule has 0 amide bonds. The molecule has 3 aliphatic rings. The first kappa shape index (κ1) is 20.4. The minimum Gasteiger partial charge on any atom is -0.481 e. The first-order valence-electron chi connectivity index (χ1n) is 11.0. The molecule has 0 spiro atoms. The molecule has 160 valence electrons. The number of nitrogens with one attached hydrogen (secondary N) is 1. The van der Waals surface area contributed by atoms with Gasteiger partial charge >= 0.3 is 0 Å². The zero-order valence-electron chi connectivity index (χ0n) is 17.8. The third kappa shape index (κ3) is 4.83. The largest absolute Gasteiger partial charge is 0.481 e. The molecule has 7 nitrogen and oxygen atoms in total. The first-order chi connectivity index (χ1) is 14.2. The van der Waals surface area contributed by atoms with Crippen LogP contribution in [0, 0.1) is 12.3 Å². The van der Waals surface area contributed by atoms with E-state index in [1.165, 1.54) is 30.4 Å². The number of rotatable bonds is 6. The number of nitrogens with zero attached hydrogens (tertiary/aromatic N) is 3. The Kier molecular flexibility index (Phi) is 6.55.